The molecule has 20 heavy (non-hydrogen) atoms. The van der Waals surface area contributed by atoms with E-state index < -0.39 is 0 Å². The molecule has 2 N–H and O–H groups in total. The van der Waals surface area contributed by atoms with Gasteiger partial charge >= 0.3 is 0 Å². The summed E-state index contributed by atoms with van der Waals surface area (Å²) >= 11 is 0. The summed E-state index contributed by atoms with van der Waals surface area (Å²) in [6.07, 6.45) is 0. The fourth-order valence-corrected chi connectivity index (χ4v) is 2.04. The fourth-order valence-electron chi connectivity index (χ4n) is 2.04. The summed E-state index contributed by atoms with van der Waals surface area (Å²) in [5.74, 6) is 1.43. The summed E-state index contributed by atoms with van der Waals surface area (Å²) in [5, 5.41) is 4.10. The SMILES string of the molecule is COc1ccccc1-c1cc(-c2ccc(N)cc2)no1. The van der Waals surface area contributed by atoms with Crippen molar-refractivity contribution in [2.75, 3.05) is 12.8 Å². The highest BCUT2D eigenvalue weighted by molar-refractivity contribution is 5.71. The predicted octanol–water partition coefficient (Wildman–Crippen LogP) is 3.60. The molecule has 0 atom stereocenters. The molecule has 0 aliphatic heterocycles. The summed E-state index contributed by atoms with van der Waals surface area (Å²) < 4.78 is 10.7. The first-order chi connectivity index (χ1) is 9.78. The fraction of sp³-hybridized carbons (Fsp3) is 0.0625. The first-order valence-corrected chi connectivity index (χ1v) is 6.24. The van der Waals surface area contributed by atoms with E-state index in [1.54, 1.807) is 7.11 Å². The maximum atomic E-state index is 5.68. The topological polar surface area (TPSA) is 61.3 Å². The van der Waals surface area contributed by atoms with Crippen LogP contribution in [0.3, 0.4) is 0 Å². The highest BCUT2D eigenvalue weighted by Crippen LogP contribution is 2.32. The van der Waals surface area contributed by atoms with Gasteiger partial charge < -0.3 is 15.0 Å². The molecular weight excluding hydrogens is 252 g/mol. The number of aromatic nitrogens is 1. The van der Waals surface area contributed by atoms with Crippen LogP contribution in [0.2, 0.25) is 0 Å². The average molecular weight is 266 g/mol. The summed E-state index contributed by atoms with van der Waals surface area (Å²) in [4.78, 5) is 0. The van der Waals surface area contributed by atoms with Gasteiger partial charge in [0.15, 0.2) is 5.76 Å². The Kier molecular flexibility index (Phi) is 3.13. The molecule has 100 valence electrons. The van der Waals surface area contributed by atoms with Crippen molar-refractivity contribution in [2.45, 2.75) is 0 Å². The molecule has 0 radical (unpaired) electrons. The number of ether oxygens (including phenoxy) is 1. The van der Waals surface area contributed by atoms with E-state index in [0.717, 1.165) is 28.3 Å². The molecule has 0 unspecified atom stereocenters. The lowest BCUT2D eigenvalue weighted by Crippen LogP contribution is -1.85. The van der Waals surface area contributed by atoms with Gasteiger partial charge in [0.1, 0.15) is 11.4 Å². The van der Waals surface area contributed by atoms with Gasteiger partial charge in [-0.25, -0.2) is 0 Å². The van der Waals surface area contributed by atoms with E-state index in [4.69, 9.17) is 15.0 Å². The normalized spacial score (nSPS) is 10.4. The second kappa shape index (κ2) is 5.09. The van der Waals surface area contributed by atoms with Crippen LogP contribution in [0.1, 0.15) is 0 Å². The second-order valence-electron chi connectivity index (χ2n) is 4.40. The van der Waals surface area contributed by atoms with E-state index >= 15 is 0 Å². The van der Waals surface area contributed by atoms with E-state index in [0.29, 0.717) is 5.76 Å². The van der Waals surface area contributed by atoms with Crippen LogP contribution in [0.5, 0.6) is 5.75 Å². The van der Waals surface area contributed by atoms with Crippen LogP contribution >= 0.6 is 0 Å². The number of nitrogens with two attached hydrogens (primary N) is 1. The van der Waals surface area contributed by atoms with Crippen LogP contribution in [-0.2, 0) is 0 Å². The molecule has 0 aliphatic carbocycles. The molecule has 0 saturated carbocycles. The molecular formula is C16H14N2O2. The highest BCUT2D eigenvalue weighted by Gasteiger charge is 2.12. The molecule has 4 nitrogen and oxygen atoms in total. The minimum Gasteiger partial charge on any atom is -0.496 e. The van der Waals surface area contributed by atoms with Crippen molar-refractivity contribution in [3.8, 4) is 28.3 Å². The third kappa shape index (κ3) is 2.23. The van der Waals surface area contributed by atoms with Crippen molar-refractivity contribution in [1.82, 2.24) is 5.16 Å². The minimum absolute atomic E-state index is 0.675. The molecule has 1 heterocycles. The average Bonchev–Trinajstić information content (AvgIpc) is 2.97. The monoisotopic (exact) mass is 266 g/mol. The maximum Gasteiger partial charge on any atom is 0.171 e. The Hall–Kier alpha value is -2.75. The van der Waals surface area contributed by atoms with Gasteiger partial charge in [0.25, 0.3) is 0 Å². The zero-order chi connectivity index (χ0) is 13.9. The second-order valence-corrected chi connectivity index (χ2v) is 4.40. The molecule has 3 aromatic rings. The molecule has 0 amide bonds. The lowest BCUT2D eigenvalue weighted by molar-refractivity contribution is 0.407. The number of hydrogen-bond donors (Lipinski definition) is 1. The molecule has 2 aromatic carbocycles. The number of nitrogen functional groups attached to an aromatic ring is 1. The van der Waals surface area contributed by atoms with E-state index in [1.807, 2.05) is 54.6 Å². The quantitative estimate of drug-likeness (QED) is 0.736. The minimum atomic E-state index is 0.675. The van der Waals surface area contributed by atoms with Gasteiger partial charge in [0.2, 0.25) is 0 Å². The van der Waals surface area contributed by atoms with Crippen molar-refractivity contribution in [3.63, 3.8) is 0 Å². The first kappa shape index (κ1) is 12.3. The van der Waals surface area contributed by atoms with E-state index in [2.05, 4.69) is 5.16 Å². The van der Waals surface area contributed by atoms with Gasteiger partial charge in [-0.1, -0.05) is 29.4 Å². The maximum absolute atomic E-state index is 5.68. The van der Waals surface area contributed by atoms with E-state index in [1.165, 1.54) is 0 Å². The van der Waals surface area contributed by atoms with Crippen molar-refractivity contribution < 1.29 is 9.26 Å². The molecule has 3 rings (SSSR count). The summed E-state index contributed by atoms with van der Waals surface area (Å²) in [5.41, 5.74) is 9.01. The third-order valence-corrected chi connectivity index (χ3v) is 3.09. The van der Waals surface area contributed by atoms with Crippen LogP contribution in [-0.4, -0.2) is 12.3 Å². The van der Waals surface area contributed by atoms with Crippen molar-refractivity contribution in [1.29, 1.82) is 0 Å². The van der Waals surface area contributed by atoms with Gasteiger partial charge in [-0.2, -0.15) is 0 Å². The molecule has 0 bridgehead atoms. The number of rotatable bonds is 3. The van der Waals surface area contributed by atoms with Crippen LogP contribution in [0.15, 0.2) is 59.1 Å². The van der Waals surface area contributed by atoms with Crippen LogP contribution < -0.4 is 10.5 Å². The summed E-state index contributed by atoms with van der Waals surface area (Å²) in [6, 6.07) is 17.1. The van der Waals surface area contributed by atoms with Gasteiger partial charge in [-0.15, -0.1) is 0 Å². The lowest BCUT2D eigenvalue weighted by Gasteiger charge is -2.03. The number of benzene rings is 2. The van der Waals surface area contributed by atoms with Gasteiger partial charge in [-0.05, 0) is 24.3 Å². The van der Waals surface area contributed by atoms with Crippen LogP contribution in [0, 0.1) is 0 Å². The van der Waals surface area contributed by atoms with Gasteiger partial charge in [0, 0.05) is 17.3 Å². The summed E-state index contributed by atoms with van der Waals surface area (Å²) in [6.45, 7) is 0. The number of hydrogen-bond acceptors (Lipinski definition) is 4. The Balaban J connectivity index is 2.00. The molecule has 0 aliphatic rings. The molecule has 0 fully saturated rings. The standard InChI is InChI=1S/C16H14N2O2/c1-19-15-5-3-2-4-13(15)16-10-14(18-20-16)11-6-8-12(17)9-7-11/h2-10H,17H2,1H3. The Bertz CT molecular complexity index is 717. The molecule has 0 spiro atoms. The zero-order valence-corrected chi connectivity index (χ0v) is 11.0. The largest absolute Gasteiger partial charge is 0.496 e. The van der Waals surface area contributed by atoms with E-state index in [-0.39, 0.29) is 0 Å². The Morgan fingerprint density at radius 2 is 1.80 bits per heavy atom. The Morgan fingerprint density at radius 3 is 2.55 bits per heavy atom. The number of para-hydroxylation sites is 1. The predicted molar refractivity (Wildman–Crippen MR) is 78.3 cm³/mol. The third-order valence-electron chi connectivity index (χ3n) is 3.09. The van der Waals surface area contributed by atoms with Gasteiger partial charge in [0.05, 0.1) is 12.7 Å². The number of anilines is 1. The highest BCUT2D eigenvalue weighted by atomic mass is 16.5. The lowest BCUT2D eigenvalue weighted by atomic mass is 10.1. The summed E-state index contributed by atoms with van der Waals surface area (Å²) in [7, 11) is 1.64. The first-order valence-electron chi connectivity index (χ1n) is 6.24. The molecule has 1 aromatic heterocycles. The van der Waals surface area contributed by atoms with Crippen LogP contribution in [0.4, 0.5) is 5.69 Å². The zero-order valence-electron chi connectivity index (χ0n) is 11.0. The number of methoxy groups -OCH3 is 1. The van der Waals surface area contributed by atoms with Gasteiger partial charge in [-0.3, -0.25) is 0 Å². The number of nitrogens with zero attached hydrogens (tertiary/aromatic N) is 1. The van der Waals surface area contributed by atoms with E-state index in [9.17, 15) is 0 Å². The Morgan fingerprint density at radius 1 is 1.05 bits per heavy atom. The van der Waals surface area contributed by atoms with Crippen molar-refractivity contribution in [3.05, 3.63) is 54.6 Å². The molecule has 0 saturated heterocycles. The smallest absolute Gasteiger partial charge is 0.171 e. The van der Waals surface area contributed by atoms with Crippen molar-refractivity contribution in [2.24, 2.45) is 0 Å². The Labute approximate surface area is 116 Å². The van der Waals surface area contributed by atoms with Crippen LogP contribution in [0.25, 0.3) is 22.6 Å². The molecule has 4 heteroatoms. The van der Waals surface area contributed by atoms with Crippen molar-refractivity contribution >= 4 is 5.69 Å².